The van der Waals surface area contributed by atoms with Crippen molar-refractivity contribution in [3.8, 4) is 11.6 Å². The molecule has 0 amide bonds. The number of hydrogen-bond acceptors (Lipinski definition) is 4. The normalized spacial score (nSPS) is 13.7. The maximum absolute atomic E-state index is 12.1. The number of nitrogens with one attached hydrogen (secondary N) is 1. The van der Waals surface area contributed by atoms with Crippen LogP contribution in [0.5, 0.6) is 5.75 Å². The van der Waals surface area contributed by atoms with Gasteiger partial charge in [0.05, 0.1) is 24.6 Å². The van der Waals surface area contributed by atoms with Crippen LogP contribution < -0.4 is 10.3 Å². The standard InChI is InChI=1S/C11H11N3O2S/c1-16-7-2-3-10(12-4-7)14-11(15)8-5-17-6-9(8)13-14/h2-4,13H,5-6H2,1H3. The Morgan fingerprint density at radius 1 is 1.47 bits per heavy atom. The zero-order valence-electron chi connectivity index (χ0n) is 9.27. The Labute approximate surface area is 102 Å². The summed E-state index contributed by atoms with van der Waals surface area (Å²) in [5, 5.41) is 3.10. The second kappa shape index (κ2) is 3.96. The van der Waals surface area contributed by atoms with Crippen LogP contribution in [0, 0.1) is 0 Å². The third-order valence-electron chi connectivity index (χ3n) is 2.75. The smallest absolute Gasteiger partial charge is 0.276 e. The second-order valence-corrected chi connectivity index (χ2v) is 4.74. The lowest BCUT2D eigenvalue weighted by molar-refractivity contribution is 0.412. The molecule has 0 aromatic carbocycles. The molecule has 6 heteroatoms. The SMILES string of the molecule is COc1ccc(-n2[nH]c3c(c2=O)CSC3)nc1. The van der Waals surface area contributed by atoms with E-state index in [-0.39, 0.29) is 5.56 Å². The topological polar surface area (TPSA) is 59.9 Å². The van der Waals surface area contributed by atoms with Crippen LogP contribution in [0.15, 0.2) is 23.1 Å². The van der Waals surface area contributed by atoms with Crippen molar-refractivity contribution in [3.63, 3.8) is 0 Å². The first-order chi connectivity index (χ1) is 8.29. The molecule has 2 aromatic rings. The van der Waals surface area contributed by atoms with Gasteiger partial charge >= 0.3 is 0 Å². The molecule has 0 radical (unpaired) electrons. The van der Waals surface area contributed by atoms with Gasteiger partial charge in [-0.05, 0) is 12.1 Å². The third-order valence-corrected chi connectivity index (χ3v) is 3.74. The van der Waals surface area contributed by atoms with Crippen LogP contribution in [-0.4, -0.2) is 21.9 Å². The average Bonchev–Trinajstić information content (AvgIpc) is 2.93. The molecule has 0 saturated heterocycles. The van der Waals surface area contributed by atoms with E-state index in [0.29, 0.717) is 11.6 Å². The van der Waals surface area contributed by atoms with Crippen molar-refractivity contribution >= 4 is 11.8 Å². The van der Waals surface area contributed by atoms with Gasteiger partial charge in [-0.2, -0.15) is 11.8 Å². The summed E-state index contributed by atoms with van der Waals surface area (Å²) >= 11 is 1.75. The minimum absolute atomic E-state index is 0.00247. The lowest BCUT2D eigenvalue weighted by atomic mass is 10.3. The molecule has 5 nitrogen and oxygen atoms in total. The van der Waals surface area contributed by atoms with Gasteiger partial charge in [0.15, 0.2) is 5.82 Å². The number of nitrogens with zero attached hydrogens (tertiary/aromatic N) is 2. The van der Waals surface area contributed by atoms with Gasteiger partial charge in [0, 0.05) is 11.5 Å². The van der Waals surface area contributed by atoms with E-state index in [1.165, 1.54) is 4.68 Å². The molecule has 0 fully saturated rings. The maximum Gasteiger partial charge on any atom is 0.276 e. The molecule has 0 spiro atoms. The highest BCUT2D eigenvalue weighted by Crippen LogP contribution is 2.26. The summed E-state index contributed by atoms with van der Waals surface area (Å²) in [6.07, 6.45) is 1.60. The van der Waals surface area contributed by atoms with E-state index < -0.39 is 0 Å². The van der Waals surface area contributed by atoms with E-state index in [4.69, 9.17) is 4.74 Å². The predicted octanol–water partition coefficient (Wildman–Crippen LogP) is 1.32. The summed E-state index contributed by atoms with van der Waals surface area (Å²) in [4.78, 5) is 16.3. The summed E-state index contributed by atoms with van der Waals surface area (Å²) < 4.78 is 6.52. The number of methoxy groups -OCH3 is 1. The van der Waals surface area contributed by atoms with Crippen molar-refractivity contribution in [1.29, 1.82) is 0 Å². The minimum Gasteiger partial charge on any atom is -0.495 e. The van der Waals surface area contributed by atoms with Crippen LogP contribution >= 0.6 is 11.8 Å². The summed E-state index contributed by atoms with van der Waals surface area (Å²) in [6.45, 7) is 0. The number of ether oxygens (including phenoxy) is 1. The Morgan fingerprint density at radius 2 is 2.35 bits per heavy atom. The van der Waals surface area contributed by atoms with Crippen molar-refractivity contribution in [1.82, 2.24) is 14.8 Å². The van der Waals surface area contributed by atoms with E-state index in [1.54, 1.807) is 37.2 Å². The number of aromatic nitrogens is 3. The van der Waals surface area contributed by atoms with Crippen LogP contribution in [0.3, 0.4) is 0 Å². The maximum atomic E-state index is 12.1. The average molecular weight is 249 g/mol. The van der Waals surface area contributed by atoms with Gasteiger partial charge in [0.1, 0.15) is 5.75 Å². The number of pyridine rings is 1. The Kier molecular flexibility index (Phi) is 2.44. The van der Waals surface area contributed by atoms with Gasteiger partial charge in [-0.3, -0.25) is 9.89 Å². The van der Waals surface area contributed by atoms with Crippen molar-refractivity contribution in [2.24, 2.45) is 0 Å². The highest BCUT2D eigenvalue weighted by molar-refractivity contribution is 7.98. The van der Waals surface area contributed by atoms with Crippen molar-refractivity contribution in [2.75, 3.05) is 7.11 Å². The van der Waals surface area contributed by atoms with Gasteiger partial charge in [-0.15, -0.1) is 0 Å². The first-order valence-corrected chi connectivity index (χ1v) is 6.36. The zero-order valence-corrected chi connectivity index (χ0v) is 10.1. The largest absolute Gasteiger partial charge is 0.495 e. The van der Waals surface area contributed by atoms with Gasteiger partial charge in [-0.25, -0.2) is 9.67 Å². The number of aromatic amines is 1. The summed E-state index contributed by atoms with van der Waals surface area (Å²) in [6, 6.07) is 3.55. The number of fused-ring (bicyclic) bond motifs is 1. The lowest BCUT2D eigenvalue weighted by Gasteiger charge is -2.02. The van der Waals surface area contributed by atoms with Gasteiger partial charge in [0.2, 0.25) is 0 Å². The van der Waals surface area contributed by atoms with E-state index in [9.17, 15) is 4.79 Å². The second-order valence-electron chi connectivity index (χ2n) is 3.76. The molecule has 0 atom stereocenters. The molecule has 3 heterocycles. The summed E-state index contributed by atoms with van der Waals surface area (Å²) in [7, 11) is 1.59. The molecule has 0 saturated carbocycles. The molecule has 17 heavy (non-hydrogen) atoms. The Morgan fingerprint density at radius 3 is 3.00 bits per heavy atom. The monoisotopic (exact) mass is 249 g/mol. The lowest BCUT2D eigenvalue weighted by Crippen LogP contribution is -2.17. The van der Waals surface area contributed by atoms with Crippen LogP contribution in [0.2, 0.25) is 0 Å². The van der Waals surface area contributed by atoms with Gasteiger partial charge < -0.3 is 4.74 Å². The zero-order chi connectivity index (χ0) is 11.8. The minimum atomic E-state index is 0.00247. The molecule has 2 aromatic heterocycles. The van der Waals surface area contributed by atoms with E-state index in [0.717, 1.165) is 22.8 Å². The molecule has 0 unspecified atom stereocenters. The van der Waals surface area contributed by atoms with Gasteiger partial charge in [-0.1, -0.05) is 0 Å². The fourth-order valence-corrected chi connectivity index (χ4v) is 2.87. The quantitative estimate of drug-likeness (QED) is 0.872. The summed E-state index contributed by atoms with van der Waals surface area (Å²) in [5.74, 6) is 2.92. The highest BCUT2D eigenvalue weighted by atomic mass is 32.2. The molecule has 0 aliphatic carbocycles. The fraction of sp³-hybridized carbons (Fsp3) is 0.273. The van der Waals surface area contributed by atoms with E-state index >= 15 is 0 Å². The molecule has 0 bridgehead atoms. The van der Waals surface area contributed by atoms with Crippen LogP contribution in [-0.2, 0) is 11.5 Å². The Hall–Kier alpha value is -1.69. The number of H-pyrrole nitrogens is 1. The van der Waals surface area contributed by atoms with Crippen LogP contribution in [0.25, 0.3) is 5.82 Å². The molecule has 3 rings (SSSR count). The fourth-order valence-electron chi connectivity index (χ4n) is 1.83. The summed E-state index contributed by atoms with van der Waals surface area (Å²) in [5.41, 5.74) is 1.88. The highest BCUT2D eigenvalue weighted by Gasteiger charge is 2.20. The number of thioether (sulfide) groups is 1. The first-order valence-electron chi connectivity index (χ1n) is 5.20. The first kappa shape index (κ1) is 10.5. The molecule has 1 N–H and O–H groups in total. The predicted molar refractivity (Wildman–Crippen MR) is 65.7 cm³/mol. The number of rotatable bonds is 2. The van der Waals surface area contributed by atoms with Crippen molar-refractivity contribution < 1.29 is 4.74 Å². The van der Waals surface area contributed by atoms with Crippen LogP contribution in [0.4, 0.5) is 0 Å². The van der Waals surface area contributed by atoms with Crippen molar-refractivity contribution in [3.05, 3.63) is 39.9 Å². The van der Waals surface area contributed by atoms with E-state index in [2.05, 4.69) is 10.1 Å². The molecular weight excluding hydrogens is 238 g/mol. The van der Waals surface area contributed by atoms with Crippen molar-refractivity contribution in [2.45, 2.75) is 11.5 Å². The van der Waals surface area contributed by atoms with E-state index in [1.807, 2.05) is 0 Å². The molecular formula is C11H11N3O2S. The molecule has 1 aliphatic rings. The number of hydrogen-bond donors (Lipinski definition) is 1. The third kappa shape index (κ3) is 1.64. The molecule has 1 aliphatic heterocycles. The van der Waals surface area contributed by atoms with Crippen LogP contribution in [0.1, 0.15) is 11.3 Å². The molecule has 88 valence electrons. The Bertz CT molecular complexity index is 600. The Balaban J connectivity index is 2.06. The van der Waals surface area contributed by atoms with Gasteiger partial charge in [0.25, 0.3) is 5.56 Å².